The van der Waals surface area contributed by atoms with E-state index in [0.29, 0.717) is 11.7 Å². The molecule has 0 radical (unpaired) electrons. The summed E-state index contributed by atoms with van der Waals surface area (Å²) in [5.74, 6) is 0. The van der Waals surface area contributed by atoms with Gasteiger partial charge in [0.05, 0.1) is 12.0 Å². The Morgan fingerprint density at radius 2 is 2.38 bits per heavy atom. The Bertz CT molecular complexity index is 315. The van der Waals surface area contributed by atoms with Gasteiger partial charge in [0.25, 0.3) is 0 Å². The Balaban J connectivity index is 2.43. The zero-order valence-electron chi connectivity index (χ0n) is 7.76. The lowest BCUT2D eigenvalue weighted by molar-refractivity contribution is 0.606. The first-order chi connectivity index (χ1) is 6.23. The monoisotopic (exact) mass is 199 g/mol. The molecule has 13 heavy (non-hydrogen) atoms. The quantitative estimate of drug-likeness (QED) is 0.803. The molecule has 0 spiro atoms. The second-order valence-corrected chi connectivity index (χ2v) is 4.01. The Morgan fingerprint density at radius 1 is 1.69 bits per heavy atom. The third-order valence-corrected chi connectivity index (χ3v) is 3.16. The average Bonchev–Trinajstić information content (AvgIpc) is 2.85. The zero-order chi connectivity index (χ0) is 9.47. The van der Waals surface area contributed by atoms with Crippen LogP contribution in [0.1, 0.15) is 25.5 Å². The third kappa shape index (κ3) is 1.27. The van der Waals surface area contributed by atoms with Crippen LogP contribution in [0.3, 0.4) is 0 Å². The van der Waals surface area contributed by atoms with Crippen molar-refractivity contribution >= 4 is 11.6 Å². The summed E-state index contributed by atoms with van der Waals surface area (Å²) in [6, 6.07) is 0. The van der Waals surface area contributed by atoms with Gasteiger partial charge in [-0.15, -0.1) is 0 Å². The molecule has 0 bridgehead atoms. The fraction of sp³-hybridized carbons (Fsp3) is 0.667. The molecule has 1 fully saturated rings. The minimum Gasteiger partial charge on any atom is -0.333 e. The van der Waals surface area contributed by atoms with Gasteiger partial charge in [-0.1, -0.05) is 11.6 Å². The van der Waals surface area contributed by atoms with E-state index < -0.39 is 0 Å². The van der Waals surface area contributed by atoms with Crippen LogP contribution in [0.2, 0.25) is 5.15 Å². The molecule has 3 nitrogen and oxygen atoms in total. The van der Waals surface area contributed by atoms with Crippen molar-refractivity contribution in [1.29, 1.82) is 0 Å². The number of hydrogen-bond donors (Lipinski definition) is 1. The lowest BCUT2D eigenvalue weighted by atomic mass is 10.0. The van der Waals surface area contributed by atoms with Crippen LogP contribution in [0.4, 0.5) is 0 Å². The molecule has 0 aromatic carbocycles. The molecule has 1 aromatic rings. The molecule has 72 valence electrons. The van der Waals surface area contributed by atoms with Gasteiger partial charge in [0.1, 0.15) is 0 Å². The molecular weight excluding hydrogens is 186 g/mol. The summed E-state index contributed by atoms with van der Waals surface area (Å²) < 4.78 is 2.10. The van der Waals surface area contributed by atoms with E-state index >= 15 is 0 Å². The normalized spacial score (nSPS) is 19.0. The molecule has 1 aliphatic carbocycles. The highest BCUT2D eigenvalue weighted by atomic mass is 35.5. The lowest BCUT2D eigenvalue weighted by Gasteiger charge is -2.14. The standard InChI is InChI=1S/C9H14ClN3/c1-2-13-6-12-8(10)7(13)9(5-11)3-4-9/h6H,2-5,11H2,1H3. The van der Waals surface area contributed by atoms with E-state index in [2.05, 4.69) is 16.5 Å². The molecule has 1 aromatic heterocycles. The molecule has 1 aliphatic rings. The van der Waals surface area contributed by atoms with Gasteiger partial charge in [-0.25, -0.2) is 4.98 Å². The number of nitrogens with zero attached hydrogens (tertiary/aromatic N) is 2. The summed E-state index contributed by atoms with van der Waals surface area (Å²) in [5, 5.41) is 0.629. The molecule has 2 N–H and O–H groups in total. The first-order valence-electron chi connectivity index (χ1n) is 4.64. The van der Waals surface area contributed by atoms with Gasteiger partial charge < -0.3 is 10.3 Å². The second kappa shape index (κ2) is 3.00. The highest BCUT2D eigenvalue weighted by Crippen LogP contribution is 2.49. The van der Waals surface area contributed by atoms with E-state index in [0.717, 1.165) is 25.1 Å². The summed E-state index contributed by atoms with van der Waals surface area (Å²) in [5.41, 5.74) is 7.03. The lowest BCUT2D eigenvalue weighted by Crippen LogP contribution is -2.23. The largest absolute Gasteiger partial charge is 0.333 e. The van der Waals surface area contributed by atoms with Gasteiger partial charge in [-0.05, 0) is 19.8 Å². The maximum atomic E-state index is 6.04. The van der Waals surface area contributed by atoms with Crippen LogP contribution in [-0.4, -0.2) is 16.1 Å². The van der Waals surface area contributed by atoms with Crippen LogP contribution in [-0.2, 0) is 12.0 Å². The van der Waals surface area contributed by atoms with Gasteiger partial charge in [0.15, 0.2) is 5.15 Å². The van der Waals surface area contributed by atoms with Crippen LogP contribution in [0.5, 0.6) is 0 Å². The van der Waals surface area contributed by atoms with Gasteiger partial charge in [0, 0.05) is 18.5 Å². The molecule has 2 rings (SSSR count). The highest BCUT2D eigenvalue weighted by Gasteiger charge is 2.46. The van der Waals surface area contributed by atoms with Crippen molar-refractivity contribution in [1.82, 2.24) is 9.55 Å². The van der Waals surface area contributed by atoms with Crippen molar-refractivity contribution in [3.8, 4) is 0 Å². The first kappa shape index (κ1) is 9.03. The molecule has 0 unspecified atom stereocenters. The van der Waals surface area contributed by atoms with Crippen molar-refractivity contribution in [2.45, 2.75) is 31.7 Å². The van der Waals surface area contributed by atoms with Gasteiger partial charge in [0.2, 0.25) is 0 Å². The molecule has 4 heteroatoms. The summed E-state index contributed by atoms with van der Waals surface area (Å²) >= 11 is 6.04. The minimum absolute atomic E-state index is 0.142. The van der Waals surface area contributed by atoms with Crippen LogP contribution < -0.4 is 5.73 Å². The van der Waals surface area contributed by atoms with Gasteiger partial charge >= 0.3 is 0 Å². The molecule has 0 atom stereocenters. The van der Waals surface area contributed by atoms with Crippen molar-refractivity contribution < 1.29 is 0 Å². The first-order valence-corrected chi connectivity index (χ1v) is 5.02. The third-order valence-electron chi connectivity index (χ3n) is 2.88. The van der Waals surface area contributed by atoms with Crippen LogP contribution in [0, 0.1) is 0 Å². The fourth-order valence-corrected chi connectivity index (χ4v) is 2.16. The topological polar surface area (TPSA) is 43.8 Å². The summed E-state index contributed by atoms with van der Waals surface area (Å²) in [4.78, 5) is 4.11. The number of rotatable bonds is 3. The van der Waals surface area contributed by atoms with E-state index in [-0.39, 0.29) is 5.41 Å². The van der Waals surface area contributed by atoms with Crippen molar-refractivity contribution in [3.05, 3.63) is 17.2 Å². The molecule has 0 aliphatic heterocycles. The number of nitrogens with two attached hydrogens (primary N) is 1. The Hall–Kier alpha value is -0.540. The molecule has 1 heterocycles. The molecule has 0 amide bonds. The van der Waals surface area contributed by atoms with Crippen LogP contribution in [0.15, 0.2) is 6.33 Å². The SMILES string of the molecule is CCn1cnc(Cl)c1C1(CN)CC1. The summed E-state index contributed by atoms with van der Waals surface area (Å²) in [6.07, 6.45) is 4.09. The average molecular weight is 200 g/mol. The van der Waals surface area contributed by atoms with Crippen molar-refractivity contribution in [3.63, 3.8) is 0 Å². The van der Waals surface area contributed by atoms with E-state index in [4.69, 9.17) is 17.3 Å². The van der Waals surface area contributed by atoms with Crippen LogP contribution >= 0.6 is 11.6 Å². The number of halogens is 1. The molecule has 1 saturated carbocycles. The number of hydrogen-bond acceptors (Lipinski definition) is 2. The summed E-state index contributed by atoms with van der Waals surface area (Å²) in [7, 11) is 0. The van der Waals surface area contributed by atoms with Crippen molar-refractivity contribution in [2.24, 2.45) is 5.73 Å². The maximum Gasteiger partial charge on any atom is 0.150 e. The Kier molecular flexibility index (Phi) is 2.08. The van der Waals surface area contributed by atoms with E-state index in [1.165, 1.54) is 0 Å². The predicted octanol–water partition coefficient (Wildman–Crippen LogP) is 1.55. The van der Waals surface area contributed by atoms with E-state index in [1.807, 2.05) is 0 Å². The van der Waals surface area contributed by atoms with E-state index in [9.17, 15) is 0 Å². The van der Waals surface area contributed by atoms with Crippen molar-refractivity contribution in [2.75, 3.05) is 6.54 Å². The number of aromatic nitrogens is 2. The van der Waals surface area contributed by atoms with Gasteiger partial charge in [-0.3, -0.25) is 0 Å². The predicted molar refractivity (Wildman–Crippen MR) is 52.9 cm³/mol. The van der Waals surface area contributed by atoms with E-state index in [1.54, 1.807) is 6.33 Å². The molecular formula is C9H14ClN3. The fourth-order valence-electron chi connectivity index (χ4n) is 1.81. The highest BCUT2D eigenvalue weighted by molar-refractivity contribution is 6.30. The zero-order valence-corrected chi connectivity index (χ0v) is 8.51. The maximum absolute atomic E-state index is 6.04. The number of imidazole rings is 1. The van der Waals surface area contributed by atoms with Gasteiger partial charge in [-0.2, -0.15) is 0 Å². The summed E-state index contributed by atoms with van der Waals surface area (Å²) in [6.45, 7) is 3.68. The second-order valence-electron chi connectivity index (χ2n) is 3.65. The van der Waals surface area contributed by atoms with Crippen LogP contribution in [0.25, 0.3) is 0 Å². The Labute approximate surface area is 82.9 Å². The smallest absolute Gasteiger partial charge is 0.150 e. The Morgan fingerprint density at radius 3 is 2.85 bits per heavy atom. The molecule has 0 saturated heterocycles. The minimum atomic E-state index is 0.142. The number of aryl methyl sites for hydroxylation is 1.